The van der Waals surface area contributed by atoms with Crippen LogP contribution in [0.25, 0.3) is 10.9 Å². The second-order valence-electron chi connectivity index (χ2n) is 5.71. The third-order valence-corrected chi connectivity index (χ3v) is 4.16. The van der Waals surface area contributed by atoms with Gasteiger partial charge in [-0.15, -0.1) is 0 Å². The van der Waals surface area contributed by atoms with Crippen LogP contribution in [0.2, 0.25) is 0 Å². The molecule has 3 nitrogen and oxygen atoms in total. The number of pyridine rings is 1. The number of aldehydes is 1. The van der Waals surface area contributed by atoms with Crippen LogP contribution in [0.15, 0.2) is 60.8 Å². The van der Waals surface area contributed by atoms with Gasteiger partial charge in [0.2, 0.25) is 0 Å². The minimum absolute atomic E-state index is 0.0419. The molecule has 2 atom stereocenters. The molecule has 1 aromatic heterocycles. The van der Waals surface area contributed by atoms with Gasteiger partial charge in [0.1, 0.15) is 12.0 Å². The molecule has 3 heteroatoms. The molecule has 0 radical (unpaired) electrons. The Morgan fingerprint density at radius 1 is 1.04 bits per heavy atom. The number of aromatic nitrogens is 1. The highest BCUT2D eigenvalue weighted by molar-refractivity contribution is 5.79. The minimum Gasteiger partial charge on any atom is -0.497 e. The summed E-state index contributed by atoms with van der Waals surface area (Å²) in [5.74, 6) is 0.601. The van der Waals surface area contributed by atoms with Gasteiger partial charge in [-0.05, 0) is 35.4 Å². The Labute approximate surface area is 135 Å². The average Bonchev–Trinajstić information content (AvgIpc) is 2.62. The highest BCUT2D eigenvalue weighted by Crippen LogP contribution is 2.33. The molecule has 0 spiro atoms. The molecule has 116 valence electrons. The number of carbonyl (C=O) groups is 1. The Hall–Kier alpha value is -2.68. The SMILES string of the molecule is COc1cccc(C(c2cnc3ccccc3c2)C(C)C=O)c1. The van der Waals surface area contributed by atoms with E-state index in [1.54, 1.807) is 7.11 Å². The Bertz CT molecular complexity index is 828. The molecule has 2 aromatic carbocycles. The smallest absolute Gasteiger partial charge is 0.123 e. The summed E-state index contributed by atoms with van der Waals surface area (Å²) in [5.41, 5.74) is 3.05. The maximum absolute atomic E-state index is 11.5. The normalized spacial score (nSPS) is 13.5. The third kappa shape index (κ3) is 3.09. The molecule has 2 unspecified atom stereocenters. The number of hydrogen-bond donors (Lipinski definition) is 0. The molecule has 0 saturated carbocycles. The molecule has 0 fully saturated rings. The van der Waals surface area contributed by atoms with Gasteiger partial charge in [-0.2, -0.15) is 0 Å². The second kappa shape index (κ2) is 6.61. The van der Waals surface area contributed by atoms with E-state index in [-0.39, 0.29) is 11.8 Å². The number of benzene rings is 2. The van der Waals surface area contributed by atoms with Crippen molar-refractivity contribution in [3.05, 3.63) is 71.9 Å². The van der Waals surface area contributed by atoms with Crippen LogP contribution in [0.5, 0.6) is 5.75 Å². The van der Waals surface area contributed by atoms with Gasteiger partial charge in [-0.3, -0.25) is 4.98 Å². The molecule has 1 heterocycles. The van der Waals surface area contributed by atoms with Gasteiger partial charge in [-0.25, -0.2) is 0 Å². The monoisotopic (exact) mass is 305 g/mol. The van der Waals surface area contributed by atoms with Crippen LogP contribution >= 0.6 is 0 Å². The van der Waals surface area contributed by atoms with Gasteiger partial charge < -0.3 is 9.53 Å². The van der Waals surface area contributed by atoms with Crippen molar-refractivity contribution in [1.29, 1.82) is 0 Å². The van der Waals surface area contributed by atoms with Crippen LogP contribution in [0.3, 0.4) is 0 Å². The lowest BCUT2D eigenvalue weighted by Gasteiger charge is -2.21. The van der Waals surface area contributed by atoms with Crippen molar-refractivity contribution >= 4 is 17.2 Å². The molecular formula is C20H19NO2. The number of fused-ring (bicyclic) bond motifs is 1. The lowest BCUT2D eigenvalue weighted by molar-refractivity contribution is -0.111. The van der Waals surface area contributed by atoms with Crippen molar-refractivity contribution in [3.63, 3.8) is 0 Å². The highest BCUT2D eigenvalue weighted by atomic mass is 16.5. The van der Waals surface area contributed by atoms with Crippen LogP contribution in [0.1, 0.15) is 24.0 Å². The van der Waals surface area contributed by atoms with Gasteiger partial charge in [-0.1, -0.05) is 37.3 Å². The average molecular weight is 305 g/mol. The van der Waals surface area contributed by atoms with Crippen LogP contribution in [-0.2, 0) is 4.79 Å². The summed E-state index contributed by atoms with van der Waals surface area (Å²) >= 11 is 0. The van der Waals surface area contributed by atoms with Gasteiger partial charge in [0.05, 0.1) is 12.6 Å². The molecule has 3 rings (SSSR count). The zero-order valence-electron chi connectivity index (χ0n) is 13.3. The number of nitrogens with zero attached hydrogens (tertiary/aromatic N) is 1. The summed E-state index contributed by atoms with van der Waals surface area (Å²) in [7, 11) is 1.65. The molecule has 23 heavy (non-hydrogen) atoms. The minimum atomic E-state index is -0.148. The first kappa shape index (κ1) is 15.2. The largest absolute Gasteiger partial charge is 0.497 e. The molecule has 0 bridgehead atoms. The topological polar surface area (TPSA) is 39.2 Å². The summed E-state index contributed by atoms with van der Waals surface area (Å²) in [5, 5.41) is 1.08. The Balaban J connectivity index is 2.11. The first-order valence-electron chi connectivity index (χ1n) is 7.67. The van der Waals surface area contributed by atoms with Gasteiger partial charge in [0.25, 0.3) is 0 Å². The van der Waals surface area contributed by atoms with E-state index < -0.39 is 0 Å². The van der Waals surface area contributed by atoms with Crippen molar-refractivity contribution in [1.82, 2.24) is 4.98 Å². The van der Waals surface area contributed by atoms with Crippen molar-refractivity contribution in [2.45, 2.75) is 12.8 Å². The van der Waals surface area contributed by atoms with E-state index in [1.165, 1.54) is 0 Å². The Morgan fingerprint density at radius 2 is 1.87 bits per heavy atom. The molecule has 0 aliphatic heterocycles. The number of ether oxygens (including phenoxy) is 1. The second-order valence-corrected chi connectivity index (χ2v) is 5.71. The van der Waals surface area contributed by atoms with Gasteiger partial charge >= 0.3 is 0 Å². The zero-order chi connectivity index (χ0) is 16.2. The van der Waals surface area contributed by atoms with Crippen molar-refractivity contribution in [2.75, 3.05) is 7.11 Å². The van der Waals surface area contributed by atoms with Crippen LogP contribution in [0.4, 0.5) is 0 Å². The first-order chi connectivity index (χ1) is 11.2. The van der Waals surface area contributed by atoms with Crippen LogP contribution in [-0.4, -0.2) is 18.4 Å². The number of hydrogen-bond acceptors (Lipinski definition) is 3. The molecule has 0 aliphatic carbocycles. The fraction of sp³-hybridized carbons (Fsp3) is 0.200. The molecule has 0 amide bonds. The van der Waals surface area contributed by atoms with E-state index in [0.717, 1.165) is 34.1 Å². The predicted molar refractivity (Wildman–Crippen MR) is 91.8 cm³/mol. The summed E-state index contributed by atoms with van der Waals surface area (Å²) in [6, 6.07) is 18.0. The lowest BCUT2D eigenvalue weighted by Crippen LogP contribution is -2.13. The fourth-order valence-corrected chi connectivity index (χ4v) is 2.97. The van der Waals surface area contributed by atoms with Gasteiger partial charge in [0, 0.05) is 23.4 Å². The number of para-hydroxylation sites is 1. The molecule has 0 saturated heterocycles. The van der Waals surface area contributed by atoms with Crippen molar-refractivity contribution in [2.24, 2.45) is 5.92 Å². The predicted octanol–water partition coefficient (Wildman–Crippen LogP) is 4.21. The standard InChI is InChI=1S/C20H19NO2/c1-14(13-22)20(16-7-5-8-18(11-16)23-2)17-10-15-6-3-4-9-19(15)21-12-17/h3-14,20H,1-2H3. The summed E-state index contributed by atoms with van der Waals surface area (Å²) in [6.45, 7) is 1.94. The first-order valence-corrected chi connectivity index (χ1v) is 7.67. The quantitative estimate of drug-likeness (QED) is 0.663. The number of rotatable bonds is 5. The van der Waals surface area contributed by atoms with Crippen molar-refractivity contribution < 1.29 is 9.53 Å². The molecule has 0 N–H and O–H groups in total. The van der Waals surface area contributed by atoms with E-state index in [0.29, 0.717) is 0 Å². The van der Waals surface area contributed by atoms with E-state index in [2.05, 4.69) is 11.1 Å². The molecule has 0 aliphatic rings. The van der Waals surface area contributed by atoms with E-state index in [4.69, 9.17) is 4.74 Å². The van der Waals surface area contributed by atoms with Crippen LogP contribution in [0, 0.1) is 5.92 Å². The van der Waals surface area contributed by atoms with Crippen LogP contribution < -0.4 is 4.74 Å². The maximum atomic E-state index is 11.5. The zero-order valence-corrected chi connectivity index (χ0v) is 13.3. The fourth-order valence-electron chi connectivity index (χ4n) is 2.97. The summed E-state index contributed by atoms with van der Waals surface area (Å²) in [4.78, 5) is 16.0. The van der Waals surface area contributed by atoms with E-state index >= 15 is 0 Å². The van der Waals surface area contributed by atoms with E-state index in [9.17, 15) is 4.79 Å². The Kier molecular flexibility index (Phi) is 4.38. The highest BCUT2D eigenvalue weighted by Gasteiger charge is 2.22. The summed E-state index contributed by atoms with van der Waals surface area (Å²) in [6.07, 6.45) is 2.87. The third-order valence-electron chi connectivity index (χ3n) is 4.16. The number of carbonyl (C=O) groups excluding carboxylic acids is 1. The Morgan fingerprint density at radius 3 is 2.65 bits per heavy atom. The lowest BCUT2D eigenvalue weighted by atomic mass is 9.82. The van der Waals surface area contributed by atoms with Gasteiger partial charge in [0.15, 0.2) is 0 Å². The molecular weight excluding hydrogens is 286 g/mol. The van der Waals surface area contributed by atoms with E-state index in [1.807, 2.05) is 61.7 Å². The number of methoxy groups -OCH3 is 1. The summed E-state index contributed by atoms with van der Waals surface area (Å²) < 4.78 is 5.32. The maximum Gasteiger partial charge on any atom is 0.123 e. The van der Waals surface area contributed by atoms with Crippen molar-refractivity contribution in [3.8, 4) is 5.75 Å². The molecule has 3 aromatic rings.